The lowest BCUT2D eigenvalue weighted by molar-refractivity contribution is 0.338. The van der Waals surface area contributed by atoms with Gasteiger partial charge in [-0.15, -0.1) is 0 Å². The molecule has 4 heteroatoms. The van der Waals surface area contributed by atoms with Gasteiger partial charge in [-0.25, -0.2) is 9.97 Å². The molecule has 0 unspecified atom stereocenters. The van der Waals surface area contributed by atoms with E-state index in [4.69, 9.17) is 0 Å². The summed E-state index contributed by atoms with van der Waals surface area (Å²) in [7, 11) is 2.12. The number of alkyl halides is 1. The van der Waals surface area contributed by atoms with Crippen molar-refractivity contribution in [1.29, 1.82) is 0 Å². The van der Waals surface area contributed by atoms with E-state index in [0.717, 1.165) is 28.8 Å². The van der Waals surface area contributed by atoms with Gasteiger partial charge in [0, 0.05) is 30.2 Å². The topological polar surface area (TPSA) is 29.0 Å². The molecule has 0 spiro atoms. The standard InChI is InChI=1S/C13H20BrN3/c1-9(2)12-6-13(16-8-15-12)17(3)7-10-4-11(14)5-10/h6,8-11H,4-5,7H2,1-3H3. The zero-order chi connectivity index (χ0) is 12.4. The van der Waals surface area contributed by atoms with Crippen molar-refractivity contribution in [3.05, 3.63) is 18.1 Å². The lowest BCUT2D eigenvalue weighted by Gasteiger charge is -2.34. The van der Waals surface area contributed by atoms with Crippen LogP contribution in [-0.2, 0) is 0 Å². The normalized spacial score (nSPS) is 23.6. The van der Waals surface area contributed by atoms with Crippen molar-refractivity contribution >= 4 is 21.7 Å². The highest BCUT2D eigenvalue weighted by molar-refractivity contribution is 9.09. The maximum Gasteiger partial charge on any atom is 0.131 e. The minimum absolute atomic E-state index is 0.459. The molecule has 17 heavy (non-hydrogen) atoms. The zero-order valence-electron chi connectivity index (χ0n) is 10.7. The van der Waals surface area contributed by atoms with Crippen molar-refractivity contribution in [3.8, 4) is 0 Å². The quantitative estimate of drug-likeness (QED) is 0.799. The Labute approximate surface area is 112 Å². The van der Waals surface area contributed by atoms with Crippen LogP contribution >= 0.6 is 15.9 Å². The largest absolute Gasteiger partial charge is 0.359 e. The smallest absolute Gasteiger partial charge is 0.131 e. The molecular weight excluding hydrogens is 278 g/mol. The average molecular weight is 298 g/mol. The molecule has 1 fully saturated rings. The minimum atomic E-state index is 0.459. The summed E-state index contributed by atoms with van der Waals surface area (Å²) in [5.41, 5.74) is 1.12. The first-order chi connectivity index (χ1) is 8.06. The minimum Gasteiger partial charge on any atom is -0.359 e. The monoisotopic (exact) mass is 297 g/mol. The van der Waals surface area contributed by atoms with Gasteiger partial charge in [-0.05, 0) is 24.7 Å². The van der Waals surface area contributed by atoms with E-state index in [2.05, 4.69) is 57.8 Å². The van der Waals surface area contributed by atoms with E-state index in [1.807, 2.05) is 0 Å². The number of hydrogen-bond acceptors (Lipinski definition) is 3. The molecule has 1 saturated carbocycles. The van der Waals surface area contributed by atoms with Gasteiger partial charge in [0.25, 0.3) is 0 Å². The van der Waals surface area contributed by atoms with E-state index in [0.29, 0.717) is 5.92 Å². The second-order valence-electron chi connectivity index (χ2n) is 5.27. The third kappa shape index (κ3) is 3.18. The number of nitrogens with zero attached hydrogens (tertiary/aromatic N) is 3. The zero-order valence-corrected chi connectivity index (χ0v) is 12.3. The van der Waals surface area contributed by atoms with Crippen LogP contribution in [0.25, 0.3) is 0 Å². The summed E-state index contributed by atoms with van der Waals surface area (Å²) in [4.78, 5) is 11.6. The SMILES string of the molecule is CC(C)c1cc(N(C)CC2CC(Br)C2)ncn1. The van der Waals surface area contributed by atoms with Crippen LogP contribution in [0.3, 0.4) is 0 Å². The van der Waals surface area contributed by atoms with Crippen LogP contribution in [0, 0.1) is 5.92 Å². The Bertz CT molecular complexity index is 375. The molecule has 0 N–H and O–H groups in total. The van der Waals surface area contributed by atoms with Crippen molar-refractivity contribution < 1.29 is 0 Å². The highest BCUT2D eigenvalue weighted by atomic mass is 79.9. The summed E-state index contributed by atoms with van der Waals surface area (Å²) < 4.78 is 0. The Morgan fingerprint density at radius 2 is 2.12 bits per heavy atom. The molecule has 0 aliphatic heterocycles. The number of halogens is 1. The summed E-state index contributed by atoms with van der Waals surface area (Å²) in [6.07, 6.45) is 4.24. The molecule has 0 atom stereocenters. The predicted octanol–water partition coefficient (Wildman–Crippen LogP) is 3.21. The van der Waals surface area contributed by atoms with Gasteiger partial charge in [-0.2, -0.15) is 0 Å². The Morgan fingerprint density at radius 3 is 2.71 bits per heavy atom. The van der Waals surface area contributed by atoms with Crippen molar-refractivity contribution in [2.45, 2.75) is 37.4 Å². The summed E-state index contributed by atoms with van der Waals surface area (Å²) >= 11 is 3.63. The maximum atomic E-state index is 4.36. The van der Waals surface area contributed by atoms with Gasteiger partial charge in [-0.3, -0.25) is 0 Å². The van der Waals surface area contributed by atoms with Crippen LogP contribution in [0.1, 0.15) is 38.3 Å². The second-order valence-corrected chi connectivity index (χ2v) is 6.57. The summed E-state index contributed by atoms with van der Waals surface area (Å²) in [5.74, 6) is 2.31. The molecule has 0 bridgehead atoms. The molecule has 0 aromatic carbocycles. The third-order valence-electron chi connectivity index (χ3n) is 3.37. The molecule has 3 nitrogen and oxygen atoms in total. The van der Waals surface area contributed by atoms with Crippen LogP contribution in [0.4, 0.5) is 5.82 Å². The van der Waals surface area contributed by atoms with E-state index >= 15 is 0 Å². The number of rotatable bonds is 4. The second kappa shape index (κ2) is 5.34. The molecule has 1 aromatic heterocycles. The van der Waals surface area contributed by atoms with E-state index in [-0.39, 0.29) is 0 Å². The van der Waals surface area contributed by atoms with Crippen LogP contribution in [0.2, 0.25) is 0 Å². The molecule has 1 aliphatic carbocycles. The first kappa shape index (κ1) is 12.8. The van der Waals surface area contributed by atoms with Gasteiger partial charge in [0.15, 0.2) is 0 Å². The van der Waals surface area contributed by atoms with Gasteiger partial charge in [0.2, 0.25) is 0 Å². The molecule has 0 radical (unpaired) electrons. The van der Waals surface area contributed by atoms with E-state index in [9.17, 15) is 0 Å². The van der Waals surface area contributed by atoms with Gasteiger partial charge in [-0.1, -0.05) is 29.8 Å². The fourth-order valence-corrected chi connectivity index (χ4v) is 3.23. The van der Waals surface area contributed by atoms with Gasteiger partial charge in [0.05, 0.1) is 0 Å². The molecule has 0 saturated heterocycles. The average Bonchev–Trinajstić information content (AvgIpc) is 2.27. The molecule has 1 aromatic rings. The highest BCUT2D eigenvalue weighted by Crippen LogP contribution is 2.34. The number of aromatic nitrogens is 2. The fourth-order valence-electron chi connectivity index (χ4n) is 2.17. The Kier molecular flexibility index (Phi) is 4.02. The first-order valence-electron chi connectivity index (χ1n) is 6.23. The highest BCUT2D eigenvalue weighted by Gasteiger charge is 2.27. The number of hydrogen-bond donors (Lipinski definition) is 0. The van der Waals surface area contributed by atoms with Crippen molar-refractivity contribution in [2.75, 3.05) is 18.5 Å². The maximum absolute atomic E-state index is 4.36. The summed E-state index contributed by atoms with van der Waals surface area (Å²) in [5, 5.41) is 0. The van der Waals surface area contributed by atoms with Crippen LogP contribution < -0.4 is 4.90 Å². The summed E-state index contributed by atoms with van der Waals surface area (Å²) in [6, 6.07) is 2.11. The predicted molar refractivity (Wildman–Crippen MR) is 74.8 cm³/mol. The Hall–Kier alpha value is -0.640. The van der Waals surface area contributed by atoms with Crippen LogP contribution in [0.15, 0.2) is 12.4 Å². The molecule has 2 rings (SSSR count). The van der Waals surface area contributed by atoms with Gasteiger partial charge in [0.1, 0.15) is 12.1 Å². The lowest BCUT2D eigenvalue weighted by Crippen LogP contribution is -2.35. The van der Waals surface area contributed by atoms with Crippen LogP contribution in [-0.4, -0.2) is 28.4 Å². The van der Waals surface area contributed by atoms with Crippen molar-refractivity contribution in [1.82, 2.24) is 9.97 Å². The molecule has 1 heterocycles. The van der Waals surface area contributed by atoms with E-state index in [1.165, 1.54) is 12.8 Å². The van der Waals surface area contributed by atoms with Crippen molar-refractivity contribution in [2.24, 2.45) is 5.92 Å². The first-order valence-corrected chi connectivity index (χ1v) is 7.15. The molecular formula is C13H20BrN3. The Morgan fingerprint density at radius 1 is 1.41 bits per heavy atom. The molecule has 0 amide bonds. The third-order valence-corrected chi connectivity index (χ3v) is 4.11. The Balaban J connectivity index is 1.98. The van der Waals surface area contributed by atoms with Gasteiger partial charge >= 0.3 is 0 Å². The van der Waals surface area contributed by atoms with Crippen molar-refractivity contribution in [3.63, 3.8) is 0 Å². The van der Waals surface area contributed by atoms with Crippen LogP contribution in [0.5, 0.6) is 0 Å². The number of anilines is 1. The van der Waals surface area contributed by atoms with E-state index < -0.39 is 0 Å². The summed E-state index contributed by atoms with van der Waals surface area (Å²) in [6.45, 7) is 5.41. The lowest BCUT2D eigenvalue weighted by atomic mass is 9.85. The molecule has 1 aliphatic rings. The van der Waals surface area contributed by atoms with Gasteiger partial charge < -0.3 is 4.90 Å². The fraction of sp³-hybridized carbons (Fsp3) is 0.692. The van der Waals surface area contributed by atoms with E-state index in [1.54, 1.807) is 6.33 Å². The molecule has 94 valence electrons.